The van der Waals surface area contributed by atoms with Gasteiger partial charge in [0.15, 0.2) is 11.7 Å². The molecule has 1 heterocycles. The largest absolute Gasteiger partial charge is 0.441 e. The number of aromatic nitrogens is 1. The smallest absolute Gasteiger partial charge is 0.223 e. The maximum Gasteiger partial charge on any atom is 0.223 e. The van der Waals surface area contributed by atoms with Crippen LogP contribution in [0.4, 0.5) is 4.39 Å². The Morgan fingerprint density at radius 2 is 1.83 bits per heavy atom. The molecule has 0 spiro atoms. The van der Waals surface area contributed by atoms with Crippen molar-refractivity contribution in [2.45, 2.75) is 39.5 Å². The van der Waals surface area contributed by atoms with Crippen LogP contribution >= 0.6 is 0 Å². The van der Waals surface area contributed by atoms with Crippen molar-refractivity contribution in [2.75, 3.05) is 13.1 Å². The molecule has 0 bridgehead atoms. The molecule has 0 radical (unpaired) electrons. The molecule has 0 aliphatic heterocycles. The summed E-state index contributed by atoms with van der Waals surface area (Å²) in [5, 5.41) is 0. The van der Waals surface area contributed by atoms with Crippen molar-refractivity contribution >= 4 is 5.91 Å². The normalized spacial score (nSPS) is 10.7. The number of hydrogen-bond acceptors (Lipinski definition) is 3. The number of amides is 1. The lowest BCUT2D eigenvalue weighted by molar-refractivity contribution is -0.131. The summed E-state index contributed by atoms with van der Waals surface area (Å²) in [5.74, 6) is 0.971. The summed E-state index contributed by atoms with van der Waals surface area (Å²) < 4.78 is 18.6. The number of rotatable bonds is 8. The van der Waals surface area contributed by atoms with Crippen molar-refractivity contribution in [3.05, 3.63) is 42.2 Å². The van der Waals surface area contributed by atoms with Crippen molar-refractivity contribution in [2.24, 2.45) is 0 Å². The molecule has 2 rings (SSSR count). The van der Waals surface area contributed by atoms with Crippen LogP contribution in [0.5, 0.6) is 0 Å². The fourth-order valence-corrected chi connectivity index (χ4v) is 2.45. The van der Waals surface area contributed by atoms with Crippen LogP contribution < -0.4 is 0 Å². The quantitative estimate of drug-likeness (QED) is 0.737. The van der Waals surface area contributed by atoms with Crippen LogP contribution in [0.1, 0.15) is 39.0 Å². The highest BCUT2D eigenvalue weighted by molar-refractivity contribution is 5.76. The topological polar surface area (TPSA) is 46.3 Å². The zero-order valence-corrected chi connectivity index (χ0v) is 13.7. The van der Waals surface area contributed by atoms with E-state index in [0.29, 0.717) is 24.5 Å². The highest BCUT2D eigenvalue weighted by Crippen LogP contribution is 2.21. The molecule has 1 aromatic carbocycles. The summed E-state index contributed by atoms with van der Waals surface area (Å²) in [5.41, 5.74) is 0.773. The number of hydrogen-bond donors (Lipinski definition) is 0. The summed E-state index contributed by atoms with van der Waals surface area (Å²) in [7, 11) is 0. The number of carbonyl (C=O) groups is 1. The van der Waals surface area contributed by atoms with Gasteiger partial charge in [-0.3, -0.25) is 4.79 Å². The first-order valence-electron chi connectivity index (χ1n) is 8.12. The average molecular weight is 318 g/mol. The SMILES string of the molecule is CCCN(CCC)C(=O)CCc1ncc(-c2ccc(F)cc2)o1. The molecule has 0 saturated heterocycles. The van der Waals surface area contributed by atoms with Crippen LogP contribution in [-0.4, -0.2) is 28.9 Å². The second-order valence-electron chi connectivity index (χ2n) is 5.51. The molecule has 4 nitrogen and oxygen atoms in total. The molecular weight excluding hydrogens is 295 g/mol. The Balaban J connectivity index is 1.93. The van der Waals surface area contributed by atoms with E-state index in [9.17, 15) is 9.18 Å². The van der Waals surface area contributed by atoms with Crippen molar-refractivity contribution < 1.29 is 13.6 Å². The Kier molecular flexibility index (Phi) is 6.32. The molecular formula is C18H23FN2O2. The van der Waals surface area contributed by atoms with E-state index in [0.717, 1.165) is 31.5 Å². The van der Waals surface area contributed by atoms with Gasteiger partial charge in [-0.15, -0.1) is 0 Å². The number of benzene rings is 1. The third kappa shape index (κ3) is 4.91. The van der Waals surface area contributed by atoms with Crippen LogP contribution in [0.3, 0.4) is 0 Å². The lowest BCUT2D eigenvalue weighted by Gasteiger charge is -2.21. The van der Waals surface area contributed by atoms with E-state index in [-0.39, 0.29) is 11.7 Å². The molecule has 2 aromatic rings. The monoisotopic (exact) mass is 318 g/mol. The van der Waals surface area contributed by atoms with Gasteiger partial charge in [-0.05, 0) is 37.1 Å². The van der Waals surface area contributed by atoms with Crippen molar-refractivity contribution in [1.29, 1.82) is 0 Å². The van der Waals surface area contributed by atoms with Gasteiger partial charge < -0.3 is 9.32 Å². The third-order valence-corrected chi connectivity index (χ3v) is 3.57. The molecule has 1 aromatic heterocycles. The van der Waals surface area contributed by atoms with Crippen LogP contribution in [0.25, 0.3) is 11.3 Å². The van der Waals surface area contributed by atoms with Crippen LogP contribution in [0.15, 0.2) is 34.9 Å². The molecule has 0 aliphatic rings. The van der Waals surface area contributed by atoms with E-state index in [1.807, 2.05) is 4.90 Å². The zero-order valence-electron chi connectivity index (χ0n) is 13.7. The number of oxazole rings is 1. The molecule has 124 valence electrons. The van der Waals surface area contributed by atoms with E-state index >= 15 is 0 Å². The fraction of sp³-hybridized carbons (Fsp3) is 0.444. The van der Waals surface area contributed by atoms with Crippen molar-refractivity contribution in [3.63, 3.8) is 0 Å². The molecule has 0 unspecified atom stereocenters. The molecule has 0 fully saturated rings. The Bertz CT molecular complexity index is 616. The van der Waals surface area contributed by atoms with E-state index in [4.69, 9.17) is 4.42 Å². The predicted molar refractivity (Wildman–Crippen MR) is 87.4 cm³/mol. The van der Waals surface area contributed by atoms with Crippen molar-refractivity contribution in [3.8, 4) is 11.3 Å². The minimum absolute atomic E-state index is 0.134. The van der Waals surface area contributed by atoms with E-state index < -0.39 is 0 Å². The molecule has 0 atom stereocenters. The maximum absolute atomic E-state index is 12.9. The Morgan fingerprint density at radius 1 is 1.17 bits per heavy atom. The lowest BCUT2D eigenvalue weighted by atomic mass is 10.2. The van der Waals surface area contributed by atoms with Gasteiger partial charge in [-0.1, -0.05) is 13.8 Å². The summed E-state index contributed by atoms with van der Waals surface area (Å²) in [6.45, 7) is 5.72. The van der Waals surface area contributed by atoms with Crippen LogP contribution in [-0.2, 0) is 11.2 Å². The number of carbonyl (C=O) groups excluding carboxylic acids is 1. The van der Waals surface area contributed by atoms with Gasteiger partial charge in [0.2, 0.25) is 5.91 Å². The average Bonchev–Trinajstić information content (AvgIpc) is 3.02. The summed E-state index contributed by atoms with van der Waals surface area (Å²) in [4.78, 5) is 18.3. The number of halogens is 1. The summed E-state index contributed by atoms with van der Waals surface area (Å²) in [6, 6.07) is 6.06. The van der Waals surface area contributed by atoms with Gasteiger partial charge in [0.1, 0.15) is 5.82 Å². The lowest BCUT2D eigenvalue weighted by Crippen LogP contribution is -2.32. The third-order valence-electron chi connectivity index (χ3n) is 3.57. The fourth-order valence-electron chi connectivity index (χ4n) is 2.45. The molecule has 0 saturated carbocycles. The van der Waals surface area contributed by atoms with E-state index in [1.165, 1.54) is 12.1 Å². The Labute approximate surface area is 136 Å². The van der Waals surface area contributed by atoms with Crippen molar-refractivity contribution in [1.82, 2.24) is 9.88 Å². The van der Waals surface area contributed by atoms with Crippen LogP contribution in [0.2, 0.25) is 0 Å². The first kappa shape index (κ1) is 17.2. The second-order valence-corrected chi connectivity index (χ2v) is 5.51. The zero-order chi connectivity index (χ0) is 16.7. The van der Waals surface area contributed by atoms with Gasteiger partial charge in [-0.2, -0.15) is 0 Å². The molecule has 0 N–H and O–H groups in total. The van der Waals surface area contributed by atoms with Gasteiger partial charge in [0.25, 0.3) is 0 Å². The Morgan fingerprint density at radius 3 is 2.43 bits per heavy atom. The van der Waals surface area contributed by atoms with Gasteiger partial charge in [-0.25, -0.2) is 9.37 Å². The minimum Gasteiger partial charge on any atom is -0.441 e. The van der Waals surface area contributed by atoms with Gasteiger partial charge in [0.05, 0.1) is 6.20 Å². The first-order chi connectivity index (χ1) is 11.1. The molecule has 23 heavy (non-hydrogen) atoms. The van der Waals surface area contributed by atoms with E-state index in [2.05, 4.69) is 18.8 Å². The predicted octanol–water partition coefficient (Wildman–Crippen LogP) is 4.06. The van der Waals surface area contributed by atoms with E-state index in [1.54, 1.807) is 18.3 Å². The molecule has 1 amide bonds. The van der Waals surface area contributed by atoms with Gasteiger partial charge >= 0.3 is 0 Å². The number of aryl methyl sites for hydroxylation is 1. The number of nitrogens with zero attached hydrogens (tertiary/aromatic N) is 2. The highest BCUT2D eigenvalue weighted by Gasteiger charge is 2.14. The summed E-state index contributed by atoms with van der Waals surface area (Å²) in [6.07, 6.45) is 4.40. The standard InChI is InChI=1S/C18H23FN2O2/c1-3-11-21(12-4-2)18(22)10-9-17-20-13-16(23-17)14-5-7-15(19)8-6-14/h5-8,13H,3-4,9-12H2,1-2H3. The first-order valence-corrected chi connectivity index (χ1v) is 8.12. The highest BCUT2D eigenvalue weighted by atomic mass is 19.1. The van der Waals surface area contributed by atoms with Gasteiger partial charge in [0, 0.05) is 31.5 Å². The summed E-state index contributed by atoms with van der Waals surface area (Å²) >= 11 is 0. The second kappa shape index (κ2) is 8.46. The Hall–Kier alpha value is -2.17. The molecule has 5 heteroatoms. The maximum atomic E-state index is 12.9. The van der Waals surface area contributed by atoms with Crippen LogP contribution in [0, 0.1) is 5.82 Å². The minimum atomic E-state index is -0.286. The molecule has 0 aliphatic carbocycles.